The van der Waals surface area contributed by atoms with Crippen molar-refractivity contribution in [2.45, 2.75) is 59.3 Å². The summed E-state index contributed by atoms with van der Waals surface area (Å²) in [6.07, 6.45) is 1.14. The van der Waals surface area contributed by atoms with Crippen LogP contribution >= 0.6 is 0 Å². The number of hydrogen-bond donors (Lipinski definition) is 1. The highest BCUT2D eigenvalue weighted by atomic mass is 16.6. The Balaban J connectivity index is 2.89. The maximum atomic E-state index is 12.3. The van der Waals surface area contributed by atoms with Crippen LogP contribution in [0.15, 0.2) is 42.1 Å². The number of benzene rings is 1. The first-order chi connectivity index (χ1) is 11.0. The molecule has 0 spiro atoms. The van der Waals surface area contributed by atoms with Crippen LogP contribution in [0.1, 0.15) is 47.1 Å². The molecule has 132 valence electrons. The van der Waals surface area contributed by atoms with E-state index in [2.05, 4.69) is 5.32 Å². The fourth-order valence-corrected chi connectivity index (χ4v) is 1.76. The number of esters is 2. The quantitative estimate of drug-likeness (QED) is 0.661. The number of nitrogens with one attached hydrogen (secondary N) is 1. The van der Waals surface area contributed by atoms with Gasteiger partial charge in [-0.15, -0.1) is 0 Å². The average Bonchev–Trinajstić information content (AvgIpc) is 2.40. The van der Waals surface area contributed by atoms with Crippen LogP contribution < -0.4 is 5.32 Å². The van der Waals surface area contributed by atoms with E-state index in [1.807, 2.05) is 30.3 Å². The highest BCUT2D eigenvalue weighted by molar-refractivity contribution is 5.96. The number of ether oxygens (including phenoxy) is 2. The van der Waals surface area contributed by atoms with Crippen LogP contribution in [0.3, 0.4) is 0 Å². The minimum absolute atomic E-state index is 0.0722. The van der Waals surface area contributed by atoms with Crippen molar-refractivity contribution in [2.24, 2.45) is 0 Å². The summed E-state index contributed by atoms with van der Waals surface area (Å²) in [6.45, 7) is 11.0. The van der Waals surface area contributed by atoms with E-state index in [1.54, 1.807) is 41.5 Å². The van der Waals surface area contributed by atoms with E-state index in [0.29, 0.717) is 6.54 Å². The van der Waals surface area contributed by atoms with E-state index in [4.69, 9.17) is 9.47 Å². The molecule has 1 rings (SSSR count). The topological polar surface area (TPSA) is 64.6 Å². The van der Waals surface area contributed by atoms with Gasteiger partial charge in [-0.05, 0) is 47.1 Å². The van der Waals surface area contributed by atoms with Gasteiger partial charge in [0.2, 0.25) is 0 Å². The third-order valence-electron chi connectivity index (χ3n) is 2.61. The Hall–Kier alpha value is -2.30. The lowest BCUT2D eigenvalue weighted by atomic mass is 10.2. The lowest BCUT2D eigenvalue weighted by Gasteiger charge is -2.22. The lowest BCUT2D eigenvalue weighted by molar-refractivity contribution is -0.153. The predicted molar refractivity (Wildman–Crippen MR) is 93.1 cm³/mol. The Morgan fingerprint density at radius 1 is 0.958 bits per heavy atom. The summed E-state index contributed by atoms with van der Waals surface area (Å²) < 4.78 is 10.6. The first kappa shape index (κ1) is 19.7. The van der Waals surface area contributed by atoms with Crippen molar-refractivity contribution in [3.05, 3.63) is 47.7 Å². The van der Waals surface area contributed by atoms with Gasteiger partial charge >= 0.3 is 11.9 Å². The van der Waals surface area contributed by atoms with Gasteiger partial charge in [0.15, 0.2) is 0 Å². The van der Waals surface area contributed by atoms with Gasteiger partial charge in [-0.1, -0.05) is 30.3 Å². The van der Waals surface area contributed by atoms with Gasteiger partial charge in [-0.25, -0.2) is 9.59 Å². The van der Waals surface area contributed by atoms with Crippen molar-refractivity contribution >= 4 is 11.9 Å². The summed E-state index contributed by atoms with van der Waals surface area (Å²) in [5.41, 5.74) is -0.232. The molecule has 0 unspecified atom stereocenters. The molecule has 1 aromatic carbocycles. The zero-order valence-electron chi connectivity index (χ0n) is 15.3. The number of carbonyl (C=O) groups is 2. The summed E-state index contributed by atoms with van der Waals surface area (Å²) in [7, 11) is 0. The molecule has 5 nitrogen and oxygen atoms in total. The van der Waals surface area contributed by atoms with Crippen molar-refractivity contribution in [3.8, 4) is 0 Å². The molecule has 0 aliphatic heterocycles. The molecule has 0 heterocycles. The van der Waals surface area contributed by atoms with E-state index < -0.39 is 23.1 Å². The molecule has 1 aromatic rings. The van der Waals surface area contributed by atoms with Crippen LogP contribution in [0.4, 0.5) is 0 Å². The first-order valence-electron chi connectivity index (χ1n) is 7.92. The zero-order chi connectivity index (χ0) is 18.4. The van der Waals surface area contributed by atoms with E-state index in [1.165, 1.54) is 0 Å². The second-order valence-electron chi connectivity index (χ2n) is 7.43. The van der Waals surface area contributed by atoms with Crippen molar-refractivity contribution < 1.29 is 19.1 Å². The molecule has 0 saturated heterocycles. The highest BCUT2D eigenvalue weighted by Crippen LogP contribution is 2.12. The van der Waals surface area contributed by atoms with Crippen LogP contribution in [0, 0.1) is 0 Å². The van der Waals surface area contributed by atoms with Gasteiger partial charge in [0, 0.05) is 6.54 Å². The number of hydrogen-bond acceptors (Lipinski definition) is 5. The predicted octanol–water partition coefficient (Wildman–Crippen LogP) is 3.34. The summed E-state index contributed by atoms with van der Waals surface area (Å²) in [5, 5.41) is 2.96. The molecule has 0 radical (unpaired) electrons. The highest BCUT2D eigenvalue weighted by Gasteiger charge is 2.22. The third kappa shape index (κ3) is 8.36. The van der Waals surface area contributed by atoms with Crippen LogP contribution in [-0.4, -0.2) is 23.1 Å². The number of rotatable bonds is 5. The van der Waals surface area contributed by atoms with Gasteiger partial charge < -0.3 is 14.8 Å². The van der Waals surface area contributed by atoms with E-state index >= 15 is 0 Å². The van der Waals surface area contributed by atoms with Gasteiger partial charge in [0.1, 0.15) is 16.9 Å². The van der Waals surface area contributed by atoms with E-state index in [0.717, 1.165) is 11.6 Å². The zero-order valence-corrected chi connectivity index (χ0v) is 15.3. The van der Waals surface area contributed by atoms with Gasteiger partial charge in [-0.3, -0.25) is 0 Å². The SMILES string of the molecule is CC(C)(C)OC(=O)/C=C(/NCc1ccccc1)C(=O)OC(C)(C)C. The molecule has 0 fully saturated rings. The molecule has 0 bridgehead atoms. The molecule has 1 N–H and O–H groups in total. The lowest BCUT2D eigenvalue weighted by Crippen LogP contribution is -2.31. The minimum atomic E-state index is -0.654. The van der Waals surface area contributed by atoms with Gasteiger partial charge in [0.25, 0.3) is 0 Å². The van der Waals surface area contributed by atoms with Crippen LogP contribution in [0.5, 0.6) is 0 Å². The Labute approximate surface area is 144 Å². The van der Waals surface area contributed by atoms with Crippen LogP contribution in [-0.2, 0) is 25.6 Å². The normalized spacial score (nSPS) is 12.5. The van der Waals surface area contributed by atoms with Gasteiger partial charge in [0.05, 0.1) is 6.08 Å². The minimum Gasteiger partial charge on any atom is -0.457 e. The molecule has 0 atom stereocenters. The fraction of sp³-hybridized carbons (Fsp3) is 0.474. The standard InChI is InChI=1S/C19H27NO4/c1-18(2,3)23-16(21)12-15(17(22)24-19(4,5)6)20-13-14-10-8-7-9-11-14/h7-12,20H,13H2,1-6H3/b15-12+. The molecular formula is C19H27NO4. The maximum absolute atomic E-state index is 12.3. The molecule has 0 aromatic heterocycles. The molecule has 24 heavy (non-hydrogen) atoms. The third-order valence-corrected chi connectivity index (χ3v) is 2.61. The second-order valence-corrected chi connectivity index (χ2v) is 7.43. The Morgan fingerprint density at radius 3 is 2.00 bits per heavy atom. The summed E-state index contributed by atoms with van der Waals surface area (Å²) in [6, 6.07) is 9.57. The van der Waals surface area contributed by atoms with Crippen LogP contribution in [0.2, 0.25) is 0 Å². The molecule has 0 saturated carbocycles. The molecular weight excluding hydrogens is 306 g/mol. The Bertz CT molecular complexity index is 592. The summed E-state index contributed by atoms with van der Waals surface area (Å²) in [5.74, 6) is -1.19. The molecule has 5 heteroatoms. The maximum Gasteiger partial charge on any atom is 0.355 e. The van der Waals surface area contributed by atoms with Crippen molar-refractivity contribution in [3.63, 3.8) is 0 Å². The molecule has 0 aliphatic carbocycles. The molecule has 0 amide bonds. The average molecular weight is 333 g/mol. The smallest absolute Gasteiger partial charge is 0.355 e. The first-order valence-corrected chi connectivity index (χ1v) is 7.92. The summed E-state index contributed by atoms with van der Waals surface area (Å²) >= 11 is 0. The second kappa shape index (κ2) is 7.99. The Morgan fingerprint density at radius 2 is 1.50 bits per heavy atom. The van der Waals surface area contributed by atoms with Crippen molar-refractivity contribution in [1.29, 1.82) is 0 Å². The van der Waals surface area contributed by atoms with Crippen LogP contribution in [0.25, 0.3) is 0 Å². The van der Waals surface area contributed by atoms with Crippen molar-refractivity contribution in [2.75, 3.05) is 0 Å². The fourth-order valence-electron chi connectivity index (χ4n) is 1.76. The van der Waals surface area contributed by atoms with Gasteiger partial charge in [-0.2, -0.15) is 0 Å². The largest absolute Gasteiger partial charge is 0.457 e. The van der Waals surface area contributed by atoms with E-state index in [9.17, 15) is 9.59 Å². The van der Waals surface area contributed by atoms with Crippen molar-refractivity contribution in [1.82, 2.24) is 5.32 Å². The monoisotopic (exact) mass is 333 g/mol. The summed E-state index contributed by atoms with van der Waals surface area (Å²) in [4.78, 5) is 24.3. The molecule has 0 aliphatic rings. The Kier molecular flexibility index (Phi) is 6.58. The number of carbonyl (C=O) groups excluding carboxylic acids is 2. The van der Waals surface area contributed by atoms with E-state index in [-0.39, 0.29) is 5.70 Å².